The molecule has 7 nitrogen and oxygen atoms in total. The molecule has 0 spiro atoms. The third kappa shape index (κ3) is 2.36. The van der Waals surface area contributed by atoms with Gasteiger partial charge in [-0.3, -0.25) is 4.79 Å². The molecular weight excluding hydrogens is 355 g/mol. The number of ether oxygens (including phenoxy) is 1. The van der Waals surface area contributed by atoms with Crippen molar-refractivity contribution in [2.75, 3.05) is 19.7 Å². The van der Waals surface area contributed by atoms with Crippen LogP contribution in [0.25, 0.3) is 0 Å². The fraction of sp³-hybridized carbons (Fsp3) is 0.333. The van der Waals surface area contributed by atoms with Gasteiger partial charge in [-0.1, -0.05) is 29.3 Å². The van der Waals surface area contributed by atoms with Gasteiger partial charge in [-0.2, -0.15) is 4.31 Å². The largest absolute Gasteiger partial charge is 0.439 e. The number of cyclic esters (lactones) is 1. The normalized spacial score (nSPS) is 20.2. The molecule has 2 amide bonds. The Morgan fingerprint density at radius 1 is 1.14 bits per heavy atom. The summed E-state index contributed by atoms with van der Waals surface area (Å²) in [7, 11) is -3.88. The summed E-state index contributed by atoms with van der Waals surface area (Å²) in [5, 5.41) is 0.0419. The second-order valence-electron chi connectivity index (χ2n) is 4.84. The van der Waals surface area contributed by atoms with Gasteiger partial charge in [-0.05, 0) is 12.1 Å². The lowest BCUT2D eigenvalue weighted by Gasteiger charge is -2.40. The summed E-state index contributed by atoms with van der Waals surface area (Å²) in [5.41, 5.74) is 0. The van der Waals surface area contributed by atoms with Crippen molar-refractivity contribution >= 4 is 45.2 Å². The van der Waals surface area contributed by atoms with Crippen LogP contribution in [0.1, 0.15) is 0 Å². The Kier molecular flexibility index (Phi) is 3.80. The van der Waals surface area contributed by atoms with Gasteiger partial charge in [-0.15, -0.1) is 0 Å². The molecule has 1 aromatic carbocycles. The molecule has 0 radical (unpaired) electrons. The van der Waals surface area contributed by atoms with Crippen molar-refractivity contribution < 1.29 is 22.7 Å². The third-order valence-corrected chi connectivity index (χ3v) is 6.28. The lowest BCUT2D eigenvalue weighted by atomic mass is 10.1. The van der Waals surface area contributed by atoms with E-state index in [9.17, 15) is 18.0 Å². The number of carbonyl (C=O) groups excluding carboxylic acids is 2. The van der Waals surface area contributed by atoms with E-state index in [0.717, 1.165) is 9.21 Å². The van der Waals surface area contributed by atoms with Crippen LogP contribution < -0.4 is 0 Å². The molecule has 0 saturated carbocycles. The maximum Gasteiger partial charge on any atom is 0.417 e. The molecule has 2 aliphatic rings. The predicted octanol–water partition coefficient (Wildman–Crippen LogP) is 1.35. The highest BCUT2D eigenvalue weighted by molar-refractivity contribution is 7.89. The molecule has 0 aromatic heterocycles. The van der Waals surface area contributed by atoms with E-state index in [4.69, 9.17) is 23.2 Å². The average Bonchev–Trinajstić information content (AvgIpc) is 2.68. The molecule has 2 saturated heterocycles. The minimum absolute atomic E-state index is 0.00920. The zero-order valence-electron chi connectivity index (χ0n) is 11.0. The third-order valence-electron chi connectivity index (χ3n) is 3.50. The van der Waals surface area contributed by atoms with Crippen LogP contribution in [0.15, 0.2) is 23.1 Å². The van der Waals surface area contributed by atoms with E-state index in [2.05, 4.69) is 4.74 Å². The zero-order valence-corrected chi connectivity index (χ0v) is 13.4. The molecule has 1 aromatic rings. The van der Waals surface area contributed by atoms with Crippen LogP contribution in [0.4, 0.5) is 4.79 Å². The van der Waals surface area contributed by atoms with Gasteiger partial charge in [0.1, 0.15) is 4.90 Å². The molecule has 10 heteroatoms. The number of amides is 2. The van der Waals surface area contributed by atoms with Crippen LogP contribution in [-0.4, -0.2) is 55.4 Å². The maximum absolute atomic E-state index is 12.5. The molecule has 0 bridgehead atoms. The quantitative estimate of drug-likeness (QED) is 0.807. The summed E-state index contributed by atoms with van der Waals surface area (Å²) in [5.74, 6) is -0.470. The number of carbonyl (C=O) groups is 2. The predicted molar refractivity (Wildman–Crippen MR) is 77.2 cm³/mol. The van der Waals surface area contributed by atoms with Crippen LogP contribution in [-0.2, 0) is 19.6 Å². The van der Waals surface area contributed by atoms with Crippen molar-refractivity contribution in [1.82, 2.24) is 9.21 Å². The Balaban J connectivity index is 1.80. The Labute approximate surface area is 136 Å². The minimum atomic E-state index is -3.88. The summed E-state index contributed by atoms with van der Waals surface area (Å²) >= 11 is 11.8. The van der Waals surface area contributed by atoms with Crippen LogP contribution in [0.2, 0.25) is 10.0 Å². The van der Waals surface area contributed by atoms with Gasteiger partial charge < -0.3 is 4.74 Å². The number of nitrogens with zero attached hydrogens (tertiary/aromatic N) is 2. The molecule has 22 heavy (non-hydrogen) atoms. The van der Waals surface area contributed by atoms with E-state index in [0.29, 0.717) is 0 Å². The monoisotopic (exact) mass is 364 g/mol. The van der Waals surface area contributed by atoms with E-state index in [1.54, 1.807) is 6.07 Å². The minimum Gasteiger partial charge on any atom is -0.439 e. The lowest BCUT2D eigenvalue weighted by Crippen LogP contribution is -2.62. The number of rotatable bonds is 3. The molecule has 0 aliphatic carbocycles. The summed E-state index contributed by atoms with van der Waals surface area (Å²) in [6, 6.07) is 3.87. The Morgan fingerprint density at radius 2 is 1.73 bits per heavy atom. The van der Waals surface area contributed by atoms with E-state index >= 15 is 0 Å². The van der Waals surface area contributed by atoms with Gasteiger partial charge in [0.2, 0.25) is 10.0 Å². The molecule has 0 atom stereocenters. The van der Waals surface area contributed by atoms with Crippen molar-refractivity contribution in [1.29, 1.82) is 0 Å². The fourth-order valence-corrected chi connectivity index (χ4v) is 4.96. The topological polar surface area (TPSA) is 84.0 Å². The number of sulfonamides is 1. The van der Waals surface area contributed by atoms with Crippen LogP contribution in [0, 0.1) is 0 Å². The molecule has 2 fully saturated rings. The Morgan fingerprint density at radius 3 is 2.23 bits per heavy atom. The van der Waals surface area contributed by atoms with Crippen molar-refractivity contribution in [3.63, 3.8) is 0 Å². The second kappa shape index (κ2) is 5.38. The smallest absolute Gasteiger partial charge is 0.417 e. The molecular formula is C12H10Cl2N2O5S. The molecule has 2 heterocycles. The summed E-state index contributed by atoms with van der Waals surface area (Å²) in [4.78, 5) is 23.7. The van der Waals surface area contributed by atoms with E-state index in [-0.39, 0.29) is 34.6 Å². The highest BCUT2D eigenvalue weighted by atomic mass is 35.5. The number of benzene rings is 1. The maximum atomic E-state index is 12.5. The zero-order chi connectivity index (χ0) is 16.1. The summed E-state index contributed by atoms with van der Waals surface area (Å²) in [6.45, 7) is -0.326. The Bertz CT molecular complexity index is 725. The molecule has 118 valence electrons. The van der Waals surface area contributed by atoms with Crippen LogP contribution in [0.5, 0.6) is 0 Å². The van der Waals surface area contributed by atoms with Crippen LogP contribution >= 0.6 is 23.2 Å². The summed E-state index contributed by atoms with van der Waals surface area (Å²) < 4.78 is 30.8. The number of hydrogen-bond acceptors (Lipinski definition) is 5. The van der Waals surface area contributed by atoms with E-state index in [1.165, 1.54) is 12.1 Å². The van der Waals surface area contributed by atoms with Crippen molar-refractivity contribution in [2.24, 2.45) is 0 Å². The second-order valence-corrected chi connectivity index (χ2v) is 7.53. The average molecular weight is 365 g/mol. The summed E-state index contributed by atoms with van der Waals surface area (Å²) in [6.07, 6.45) is -0.747. The fourth-order valence-electron chi connectivity index (χ4n) is 2.35. The first-order valence-electron chi connectivity index (χ1n) is 6.25. The highest BCUT2D eigenvalue weighted by Crippen LogP contribution is 2.34. The molecule has 2 aliphatic heterocycles. The van der Waals surface area contributed by atoms with Gasteiger partial charge >= 0.3 is 6.09 Å². The van der Waals surface area contributed by atoms with Gasteiger partial charge in [-0.25, -0.2) is 18.1 Å². The first kappa shape index (κ1) is 15.5. The number of imide groups is 1. The first-order chi connectivity index (χ1) is 10.3. The van der Waals surface area contributed by atoms with Crippen molar-refractivity contribution in [3.8, 4) is 0 Å². The van der Waals surface area contributed by atoms with Gasteiger partial charge in [0, 0.05) is 13.1 Å². The van der Waals surface area contributed by atoms with E-state index in [1.807, 2.05) is 0 Å². The number of halogens is 2. The van der Waals surface area contributed by atoms with Crippen molar-refractivity contribution in [2.45, 2.75) is 10.9 Å². The molecule has 0 unspecified atom stereocenters. The van der Waals surface area contributed by atoms with Gasteiger partial charge in [0.25, 0.3) is 5.91 Å². The first-order valence-corrected chi connectivity index (χ1v) is 8.45. The Hall–Kier alpha value is -1.35. The van der Waals surface area contributed by atoms with Gasteiger partial charge in [0.15, 0.2) is 6.61 Å². The SMILES string of the molecule is O=C1COC(=O)N1C1CN(S(=O)(=O)c2c(Cl)cccc2Cl)C1. The van der Waals surface area contributed by atoms with Crippen LogP contribution in [0.3, 0.4) is 0 Å². The highest BCUT2D eigenvalue weighted by Gasteiger charge is 2.47. The molecule has 3 rings (SSSR count). The van der Waals surface area contributed by atoms with Crippen molar-refractivity contribution in [3.05, 3.63) is 28.2 Å². The lowest BCUT2D eigenvalue weighted by molar-refractivity contribution is -0.128. The number of hydrogen-bond donors (Lipinski definition) is 0. The van der Waals surface area contributed by atoms with E-state index < -0.39 is 28.1 Å². The van der Waals surface area contributed by atoms with Gasteiger partial charge in [0.05, 0.1) is 16.1 Å². The standard InChI is InChI=1S/C12H10Cl2N2O5S/c13-8-2-1-3-9(14)11(8)22(19,20)15-4-7(5-15)16-10(17)6-21-12(16)18/h1-3,7H,4-6H2. The molecule has 0 N–H and O–H groups in total.